The van der Waals surface area contributed by atoms with Gasteiger partial charge in [0.15, 0.2) is 11.5 Å². The first kappa shape index (κ1) is 22.3. The molecular weight excluding hydrogens is 391 g/mol. The van der Waals surface area contributed by atoms with Gasteiger partial charge in [-0.3, -0.25) is 9.05 Å². The van der Waals surface area contributed by atoms with E-state index in [9.17, 15) is 4.89 Å². The fourth-order valence-corrected chi connectivity index (χ4v) is 4.99. The van der Waals surface area contributed by atoms with E-state index in [1.165, 1.54) is 0 Å². The van der Waals surface area contributed by atoms with Crippen molar-refractivity contribution in [1.29, 1.82) is 0 Å². The van der Waals surface area contributed by atoms with Crippen molar-refractivity contribution in [3.63, 3.8) is 0 Å². The number of benzene rings is 3. The van der Waals surface area contributed by atoms with Crippen molar-refractivity contribution in [2.75, 3.05) is 0 Å². The van der Waals surface area contributed by atoms with Crippen molar-refractivity contribution < 1.29 is 13.9 Å². The third-order valence-corrected chi connectivity index (χ3v) is 6.76. The van der Waals surface area contributed by atoms with Crippen LogP contribution in [-0.2, 0) is 10.8 Å². The Hall–Kier alpha value is -2.35. The first-order valence-electron chi connectivity index (χ1n) is 10.3. The molecule has 3 nitrogen and oxygen atoms in total. The highest BCUT2D eigenvalue weighted by atomic mass is 31.2. The summed E-state index contributed by atoms with van der Waals surface area (Å²) in [6.45, 7) is 12.8. The van der Waals surface area contributed by atoms with Gasteiger partial charge < -0.3 is 0 Å². The monoisotopic (exact) mass is 423 g/mol. The molecule has 1 N–H and O–H groups in total. The molecule has 0 saturated carbocycles. The van der Waals surface area contributed by atoms with Crippen LogP contribution in [0.2, 0.25) is 0 Å². The predicted octanol–water partition coefficient (Wildman–Crippen LogP) is 6.82. The van der Waals surface area contributed by atoms with E-state index in [-0.39, 0.29) is 10.8 Å². The summed E-state index contributed by atoms with van der Waals surface area (Å²) in [6, 6.07) is 25.1. The summed E-state index contributed by atoms with van der Waals surface area (Å²) in [5, 5.41) is 0.637. The number of para-hydroxylation sites is 2. The molecule has 0 fully saturated rings. The topological polar surface area (TPSA) is 38.7 Å². The molecule has 30 heavy (non-hydrogen) atoms. The second-order valence-corrected chi connectivity index (χ2v) is 11.5. The average molecular weight is 424 g/mol. The number of hydrogen-bond acceptors (Lipinski definition) is 3. The third-order valence-electron chi connectivity index (χ3n) is 4.92. The molecule has 3 rings (SSSR count). The summed E-state index contributed by atoms with van der Waals surface area (Å²) in [5.74, 6) is 1.27. The van der Waals surface area contributed by atoms with Crippen LogP contribution in [0.3, 0.4) is 0 Å². The zero-order valence-corrected chi connectivity index (χ0v) is 19.6. The van der Waals surface area contributed by atoms with Gasteiger partial charge in [0.1, 0.15) is 0 Å². The maximum Gasteiger partial charge on any atom is 0.533 e. The zero-order chi connectivity index (χ0) is 22.0. The SMILES string of the molecule is CC(C)(C)c1ccccc1O[P+](O)(Oc1ccccc1C(C)(C)C)c1ccccc1. The van der Waals surface area contributed by atoms with Gasteiger partial charge in [0.05, 0.1) is 0 Å². The van der Waals surface area contributed by atoms with Crippen LogP contribution in [0.1, 0.15) is 52.7 Å². The number of rotatable bonds is 5. The Bertz CT molecular complexity index is 925. The average Bonchev–Trinajstić information content (AvgIpc) is 2.68. The Morgan fingerprint density at radius 2 is 0.933 bits per heavy atom. The summed E-state index contributed by atoms with van der Waals surface area (Å²) in [6.07, 6.45) is 0. The van der Waals surface area contributed by atoms with E-state index in [4.69, 9.17) is 9.05 Å². The maximum atomic E-state index is 11.8. The van der Waals surface area contributed by atoms with E-state index < -0.39 is 7.94 Å². The van der Waals surface area contributed by atoms with Gasteiger partial charge in [0, 0.05) is 11.1 Å². The van der Waals surface area contributed by atoms with Gasteiger partial charge in [-0.1, -0.05) is 96.1 Å². The predicted molar refractivity (Wildman–Crippen MR) is 127 cm³/mol. The van der Waals surface area contributed by atoms with Gasteiger partial charge in [-0.15, -0.1) is 0 Å². The van der Waals surface area contributed by atoms with Crippen molar-refractivity contribution in [3.05, 3.63) is 90.0 Å². The lowest BCUT2D eigenvalue weighted by atomic mass is 9.86. The lowest BCUT2D eigenvalue weighted by molar-refractivity contribution is 0.353. The molecule has 0 aliphatic heterocycles. The highest BCUT2D eigenvalue weighted by molar-refractivity contribution is 7.69. The van der Waals surface area contributed by atoms with Crippen molar-refractivity contribution in [1.82, 2.24) is 0 Å². The summed E-state index contributed by atoms with van der Waals surface area (Å²) < 4.78 is 12.7. The highest BCUT2D eigenvalue weighted by Gasteiger charge is 2.49. The Morgan fingerprint density at radius 3 is 1.33 bits per heavy atom. The van der Waals surface area contributed by atoms with Crippen molar-refractivity contribution in [2.24, 2.45) is 0 Å². The second kappa shape index (κ2) is 8.41. The van der Waals surface area contributed by atoms with Crippen molar-refractivity contribution in [2.45, 2.75) is 52.4 Å². The van der Waals surface area contributed by atoms with Crippen LogP contribution >= 0.6 is 7.94 Å². The molecule has 158 valence electrons. The molecule has 0 heterocycles. The Balaban J connectivity index is 2.10. The molecule has 0 spiro atoms. The molecule has 0 aromatic heterocycles. The summed E-state index contributed by atoms with van der Waals surface area (Å²) in [4.78, 5) is 11.8. The fourth-order valence-electron chi connectivity index (χ4n) is 3.34. The smallest absolute Gasteiger partial charge is 0.273 e. The molecule has 0 aliphatic carbocycles. The van der Waals surface area contributed by atoms with Crippen LogP contribution in [0.25, 0.3) is 0 Å². The molecule has 0 atom stereocenters. The van der Waals surface area contributed by atoms with Gasteiger partial charge in [-0.25, -0.2) is 0 Å². The van der Waals surface area contributed by atoms with Gasteiger partial charge in [0.25, 0.3) is 0 Å². The van der Waals surface area contributed by atoms with E-state index in [1.54, 1.807) is 0 Å². The van der Waals surface area contributed by atoms with Crippen molar-refractivity contribution in [3.8, 4) is 11.5 Å². The molecule has 0 amide bonds. The Morgan fingerprint density at radius 1 is 0.567 bits per heavy atom. The minimum absolute atomic E-state index is 0.137. The van der Waals surface area contributed by atoms with E-state index in [0.29, 0.717) is 16.8 Å². The molecule has 0 aliphatic rings. The quantitative estimate of drug-likeness (QED) is 0.458. The molecule has 3 aromatic rings. The van der Waals surface area contributed by atoms with Gasteiger partial charge in [-0.2, -0.15) is 4.89 Å². The van der Waals surface area contributed by atoms with E-state index in [0.717, 1.165) is 11.1 Å². The van der Waals surface area contributed by atoms with Crippen LogP contribution in [0.15, 0.2) is 78.9 Å². The maximum absolute atomic E-state index is 11.8. The van der Waals surface area contributed by atoms with Crippen LogP contribution in [0, 0.1) is 0 Å². The van der Waals surface area contributed by atoms with E-state index in [2.05, 4.69) is 41.5 Å². The molecule has 3 aromatic carbocycles. The molecule has 0 saturated heterocycles. The fraction of sp³-hybridized carbons (Fsp3) is 0.308. The minimum Gasteiger partial charge on any atom is -0.273 e. The second-order valence-electron chi connectivity index (χ2n) is 9.53. The molecular formula is C26H32O3P+. The first-order chi connectivity index (χ1) is 14.0. The van der Waals surface area contributed by atoms with Crippen LogP contribution in [-0.4, -0.2) is 4.89 Å². The lowest BCUT2D eigenvalue weighted by Crippen LogP contribution is -2.24. The molecule has 0 radical (unpaired) electrons. The van der Waals surface area contributed by atoms with Crippen LogP contribution in [0.5, 0.6) is 11.5 Å². The van der Waals surface area contributed by atoms with Gasteiger partial charge in [-0.05, 0) is 35.1 Å². The Kier molecular flexibility index (Phi) is 6.26. The van der Waals surface area contributed by atoms with E-state index in [1.807, 2.05) is 78.9 Å². The third kappa shape index (κ3) is 5.03. The van der Waals surface area contributed by atoms with Crippen LogP contribution < -0.4 is 14.4 Å². The zero-order valence-electron chi connectivity index (χ0n) is 18.7. The Labute approximate surface area is 181 Å². The van der Waals surface area contributed by atoms with Gasteiger partial charge >= 0.3 is 7.94 Å². The van der Waals surface area contributed by atoms with E-state index >= 15 is 0 Å². The highest BCUT2D eigenvalue weighted by Crippen LogP contribution is 2.57. The lowest BCUT2D eigenvalue weighted by Gasteiger charge is -2.26. The van der Waals surface area contributed by atoms with Gasteiger partial charge in [0.2, 0.25) is 5.30 Å². The molecule has 0 bridgehead atoms. The number of hydrogen-bond donors (Lipinski definition) is 1. The van der Waals surface area contributed by atoms with Crippen LogP contribution in [0.4, 0.5) is 0 Å². The minimum atomic E-state index is -3.46. The summed E-state index contributed by atoms with van der Waals surface area (Å²) in [5.41, 5.74) is 1.77. The standard InChI is InChI=1S/C26H32O3P/c1-25(2,3)21-16-10-12-18-23(21)28-30(27,20-14-8-7-9-15-20)29-24-19-13-11-17-22(24)26(4,5)6/h7-19,27H,1-6H3/q+1. The normalized spacial score (nSPS) is 12.5. The largest absolute Gasteiger partial charge is 0.533 e. The van der Waals surface area contributed by atoms with Crippen molar-refractivity contribution >= 4 is 13.2 Å². The first-order valence-corrected chi connectivity index (χ1v) is 11.8. The summed E-state index contributed by atoms with van der Waals surface area (Å²) in [7, 11) is -3.46. The molecule has 4 heteroatoms. The molecule has 0 unspecified atom stereocenters. The summed E-state index contributed by atoms with van der Waals surface area (Å²) >= 11 is 0.